The SMILES string of the molecule is COc1ccc(C(O)=C2C(=O)C(=O)N(CCC[NH+]3CCOCC3)C2c2ccccc2F)cc1. The molecular weight excluding hydrogens is 427 g/mol. The summed E-state index contributed by atoms with van der Waals surface area (Å²) in [6.07, 6.45) is 0.649. The Balaban J connectivity index is 1.67. The third-order valence-electron chi connectivity index (χ3n) is 6.23. The molecule has 33 heavy (non-hydrogen) atoms. The van der Waals surface area contributed by atoms with E-state index in [0.29, 0.717) is 30.9 Å². The molecule has 2 saturated heterocycles. The third-order valence-corrected chi connectivity index (χ3v) is 6.23. The van der Waals surface area contributed by atoms with Crippen LogP contribution in [0.5, 0.6) is 5.75 Å². The number of Topliss-reactive ketones (excluding diaryl/α,β-unsaturated/α-hetero) is 1. The molecule has 2 aromatic rings. The van der Waals surface area contributed by atoms with Crippen molar-refractivity contribution in [3.05, 3.63) is 71.0 Å². The lowest BCUT2D eigenvalue weighted by Gasteiger charge is -2.27. The van der Waals surface area contributed by atoms with E-state index in [9.17, 15) is 19.1 Å². The standard InChI is InChI=1S/C25H27FN2O5/c1-32-18-9-7-17(8-10-18)23(29)21-22(19-5-2-3-6-20(19)26)28(25(31)24(21)30)12-4-11-27-13-15-33-16-14-27/h2-3,5-10,22,29H,4,11-16H2,1H3/p+1. The monoisotopic (exact) mass is 455 g/mol. The van der Waals surface area contributed by atoms with E-state index in [0.717, 1.165) is 19.6 Å². The van der Waals surface area contributed by atoms with Gasteiger partial charge in [0.2, 0.25) is 0 Å². The van der Waals surface area contributed by atoms with Crippen LogP contribution >= 0.6 is 0 Å². The summed E-state index contributed by atoms with van der Waals surface area (Å²) in [5.41, 5.74) is 0.437. The van der Waals surface area contributed by atoms with Crippen LogP contribution in [0.3, 0.4) is 0 Å². The van der Waals surface area contributed by atoms with Crippen LogP contribution < -0.4 is 9.64 Å². The van der Waals surface area contributed by atoms with E-state index in [4.69, 9.17) is 9.47 Å². The van der Waals surface area contributed by atoms with E-state index in [2.05, 4.69) is 0 Å². The number of likely N-dealkylation sites (tertiary alicyclic amines) is 1. The molecule has 4 rings (SSSR count). The van der Waals surface area contributed by atoms with Gasteiger partial charge in [0.25, 0.3) is 11.7 Å². The van der Waals surface area contributed by atoms with Crippen molar-refractivity contribution in [1.82, 2.24) is 4.90 Å². The predicted molar refractivity (Wildman–Crippen MR) is 119 cm³/mol. The number of aliphatic hydroxyl groups is 1. The van der Waals surface area contributed by atoms with Crippen molar-refractivity contribution in [3.63, 3.8) is 0 Å². The number of ether oxygens (including phenoxy) is 2. The number of methoxy groups -OCH3 is 1. The highest BCUT2D eigenvalue weighted by atomic mass is 19.1. The number of benzene rings is 2. The fraction of sp³-hybridized carbons (Fsp3) is 0.360. The molecule has 0 saturated carbocycles. The number of ketones is 1. The molecule has 2 aromatic carbocycles. The molecule has 1 unspecified atom stereocenters. The highest BCUT2D eigenvalue weighted by Gasteiger charge is 2.46. The Morgan fingerprint density at radius 2 is 1.85 bits per heavy atom. The maximum absolute atomic E-state index is 14.8. The summed E-state index contributed by atoms with van der Waals surface area (Å²) in [5.74, 6) is -1.81. The van der Waals surface area contributed by atoms with E-state index in [1.165, 1.54) is 23.0 Å². The normalized spacial score (nSPS) is 20.9. The highest BCUT2D eigenvalue weighted by molar-refractivity contribution is 6.46. The number of carbonyl (C=O) groups excluding carboxylic acids is 2. The van der Waals surface area contributed by atoms with Gasteiger partial charge in [0.15, 0.2) is 0 Å². The Morgan fingerprint density at radius 1 is 1.15 bits per heavy atom. The zero-order valence-electron chi connectivity index (χ0n) is 18.6. The molecule has 0 aliphatic carbocycles. The first-order valence-corrected chi connectivity index (χ1v) is 11.1. The molecule has 7 nitrogen and oxygen atoms in total. The minimum absolute atomic E-state index is 0.103. The van der Waals surface area contributed by atoms with Crippen LogP contribution in [0.4, 0.5) is 4.39 Å². The van der Waals surface area contributed by atoms with Gasteiger partial charge in [0.05, 0.1) is 38.5 Å². The first-order chi connectivity index (χ1) is 16.0. The second-order valence-corrected chi connectivity index (χ2v) is 8.21. The summed E-state index contributed by atoms with van der Waals surface area (Å²) in [5, 5.41) is 11.0. The Kier molecular flexibility index (Phi) is 7.05. The fourth-order valence-electron chi connectivity index (χ4n) is 4.44. The van der Waals surface area contributed by atoms with Crippen molar-refractivity contribution < 1.29 is 33.5 Å². The Morgan fingerprint density at radius 3 is 2.52 bits per heavy atom. The van der Waals surface area contributed by atoms with Crippen molar-refractivity contribution in [2.75, 3.05) is 46.5 Å². The molecule has 2 aliphatic rings. The average Bonchev–Trinajstić information content (AvgIpc) is 3.09. The number of aliphatic hydroxyl groups excluding tert-OH is 1. The van der Waals surface area contributed by atoms with Gasteiger partial charge >= 0.3 is 0 Å². The van der Waals surface area contributed by atoms with Gasteiger partial charge in [-0.25, -0.2) is 4.39 Å². The number of amides is 1. The van der Waals surface area contributed by atoms with Crippen LogP contribution in [0.25, 0.3) is 5.76 Å². The second kappa shape index (κ2) is 10.1. The van der Waals surface area contributed by atoms with Crippen LogP contribution in [-0.2, 0) is 14.3 Å². The van der Waals surface area contributed by atoms with Crippen LogP contribution in [0.1, 0.15) is 23.6 Å². The molecule has 2 N–H and O–H groups in total. The molecule has 2 fully saturated rings. The molecule has 1 amide bonds. The molecule has 0 bridgehead atoms. The number of hydrogen-bond donors (Lipinski definition) is 2. The number of hydrogen-bond acceptors (Lipinski definition) is 5. The van der Waals surface area contributed by atoms with E-state index < -0.39 is 23.5 Å². The first kappa shape index (κ1) is 22.9. The minimum Gasteiger partial charge on any atom is -0.507 e. The van der Waals surface area contributed by atoms with Crippen molar-refractivity contribution in [2.45, 2.75) is 12.5 Å². The summed E-state index contributed by atoms with van der Waals surface area (Å²) < 4.78 is 25.4. The van der Waals surface area contributed by atoms with Gasteiger partial charge in [-0.1, -0.05) is 18.2 Å². The molecule has 8 heteroatoms. The van der Waals surface area contributed by atoms with Crippen molar-refractivity contribution in [1.29, 1.82) is 0 Å². The highest BCUT2D eigenvalue weighted by Crippen LogP contribution is 2.40. The summed E-state index contributed by atoms with van der Waals surface area (Å²) in [6.45, 7) is 4.30. The first-order valence-electron chi connectivity index (χ1n) is 11.1. The molecule has 1 atom stereocenters. The average molecular weight is 456 g/mol. The molecule has 174 valence electrons. The largest absolute Gasteiger partial charge is 0.507 e. The molecule has 0 aromatic heterocycles. The Hall–Kier alpha value is -3.23. The molecule has 2 aliphatic heterocycles. The zero-order chi connectivity index (χ0) is 23.4. The fourth-order valence-corrected chi connectivity index (χ4v) is 4.44. The summed E-state index contributed by atoms with van der Waals surface area (Å²) in [7, 11) is 1.53. The van der Waals surface area contributed by atoms with Crippen LogP contribution in [0, 0.1) is 5.82 Å². The van der Waals surface area contributed by atoms with Crippen LogP contribution in [0.2, 0.25) is 0 Å². The molecule has 0 spiro atoms. The third kappa shape index (κ3) is 4.77. The number of rotatable bonds is 7. The van der Waals surface area contributed by atoms with Gasteiger partial charge in [-0.15, -0.1) is 0 Å². The van der Waals surface area contributed by atoms with Gasteiger partial charge in [-0.05, 0) is 30.3 Å². The number of nitrogens with one attached hydrogen (secondary N) is 1. The Labute approximate surface area is 192 Å². The molecule has 0 radical (unpaired) electrons. The number of halogens is 1. The van der Waals surface area contributed by atoms with E-state index >= 15 is 0 Å². The molecular formula is C25H28FN2O5+. The van der Waals surface area contributed by atoms with Crippen LogP contribution in [0.15, 0.2) is 54.1 Å². The van der Waals surface area contributed by atoms with Crippen molar-refractivity contribution in [2.24, 2.45) is 0 Å². The maximum Gasteiger partial charge on any atom is 0.295 e. The second-order valence-electron chi connectivity index (χ2n) is 8.21. The van der Waals surface area contributed by atoms with E-state index in [-0.39, 0.29) is 23.4 Å². The van der Waals surface area contributed by atoms with Gasteiger partial charge in [-0.2, -0.15) is 0 Å². The lowest BCUT2D eigenvalue weighted by Crippen LogP contribution is -3.14. The number of quaternary nitrogens is 1. The van der Waals surface area contributed by atoms with E-state index in [1.807, 2.05) is 0 Å². The predicted octanol–water partition coefficient (Wildman–Crippen LogP) is 1.56. The Bertz CT molecular complexity index is 1050. The minimum atomic E-state index is -0.993. The smallest absolute Gasteiger partial charge is 0.295 e. The number of carbonyl (C=O) groups is 2. The summed E-state index contributed by atoms with van der Waals surface area (Å²) in [4.78, 5) is 28.8. The van der Waals surface area contributed by atoms with Crippen molar-refractivity contribution >= 4 is 17.4 Å². The molecule has 2 heterocycles. The number of nitrogens with zero attached hydrogens (tertiary/aromatic N) is 1. The topological polar surface area (TPSA) is 80.5 Å². The van der Waals surface area contributed by atoms with Gasteiger partial charge in [0.1, 0.15) is 30.4 Å². The van der Waals surface area contributed by atoms with Crippen molar-refractivity contribution in [3.8, 4) is 5.75 Å². The quantitative estimate of drug-likeness (QED) is 0.376. The number of morpholine rings is 1. The lowest BCUT2D eigenvalue weighted by molar-refractivity contribution is -0.908. The zero-order valence-corrected chi connectivity index (χ0v) is 18.6. The van der Waals surface area contributed by atoms with E-state index in [1.54, 1.807) is 42.5 Å². The maximum atomic E-state index is 14.8. The summed E-state index contributed by atoms with van der Waals surface area (Å²) >= 11 is 0. The summed E-state index contributed by atoms with van der Waals surface area (Å²) in [6, 6.07) is 11.5. The van der Waals surface area contributed by atoms with Gasteiger partial charge in [0, 0.05) is 24.1 Å². The lowest BCUT2D eigenvalue weighted by atomic mass is 9.95. The van der Waals surface area contributed by atoms with Gasteiger partial charge in [-0.3, -0.25) is 9.59 Å². The van der Waals surface area contributed by atoms with Crippen LogP contribution in [-0.4, -0.2) is 68.2 Å². The van der Waals surface area contributed by atoms with Gasteiger partial charge < -0.3 is 24.4 Å².